The quantitative estimate of drug-likeness (QED) is 0.799. The first kappa shape index (κ1) is 11.9. The molecule has 2 heterocycles. The van der Waals surface area contributed by atoms with Gasteiger partial charge < -0.3 is 10.2 Å². The second-order valence-corrected chi connectivity index (χ2v) is 5.35. The van der Waals surface area contributed by atoms with Gasteiger partial charge in [-0.25, -0.2) is 0 Å². The van der Waals surface area contributed by atoms with E-state index in [1.165, 1.54) is 5.70 Å². The highest BCUT2D eigenvalue weighted by molar-refractivity contribution is 9.11. The maximum Gasteiger partial charge on any atom is 0.223 e. The molecule has 0 radical (unpaired) electrons. The minimum Gasteiger partial charge on any atom is -0.317 e. The lowest BCUT2D eigenvalue weighted by Gasteiger charge is -2.34. The van der Waals surface area contributed by atoms with Crippen molar-refractivity contribution in [3.8, 4) is 0 Å². The number of nitrogens with zero attached hydrogens (tertiary/aromatic N) is 1. The first-order valence-electron chi connectivity index (χ1n) is 5.73. The zero-order valence-electron chi connectivity index (χ0n) is 9.50. The number of rotatable bonds is 1. The minimum atomic E-state index is 0.134. The third kappa shape index (κ3) is 2.55. The summed E-state index contributed by atoms with van der Waals surface area (Å²) in [5, 5.41) is 3.35. The van der Waals surface area contributed by atoms with Crippen LogP contribution in [0.25, 0.3) is 0 Å². The van der Waals surface area contributed by atoms with Crippen molar-refractivity contribution in [1.29, 1.82) is 0 Å². The van der Waals surface area contributed by atoms with Crippen LogP contribution >= 0.6 is 15.9 Å². The van der Waals surface area contributed by atoms with Gasteiger partial charge in [-0.05, 0) is 38.1 Å². The van der Waals surface area contributed by atoms with Gasteiger partial charge in [-0.2, -0.15) is 0 Å². The van der Waals surface area contributed by atoms with E-state index in [1.54, 1.807) is 6.92 Å². The molecule has 2 aliphatic heterocycles. The monoisotopic (exact) mass is 284 g/mol. The molecule has 0 aromatic carbocycles. The summed E-state index contributed by atoms with van der Waals surface area (Å²) in [6.07, 6.45) is 6.41. The average Bonchev–Trinajstić information content (AvgIpc) is 2.30. The van der Waals surface area contributed by atoms with Crippen LogP contribution in [0.2, 0.25) is 0 Å². The molecule has 0 saturated carbocycles. The summed E-state index contributed by atoms with van der Waals surface area (Å²) in [5.41, 5.74) is 1.19. The molecule has 16 heavy (non-hydrogen) atoms. The highest BCUT2D eigenvalue weighted by Crippen LogP contribution is 2.29. The van der Waals surface area contributed by atoms with Gasteiger partial charge >= 0.3 is 0 Å². The van der Waals surface area contributed by atoms with E-state index in [0.29, 0.717) is 12.5 Å². The van der Waals surface area contributed by atoms with E-state index in [1.807, 2.05) is 4.90 Å². The molecule has 1 fully saturated rings. The van der Waals surface area contributed by atoms with Crippen molar-refractivity contribution in [1.82, 2.24) is 10.2 Å². The Kier molecular flexibility index (Phi) is 3.82. The molecule has 0 aromatic heterocycles. The Labute approximate surface area is 105 Å². The lowest BCUT2D eigenvalue weighted by Crippen LogP contribution is -2.38. The van der Waals surface area contributed by atoms with Crippen LogP contribution in [-0.2, 0) is 4.79 Å². The van der Waals surface area contributed by atoms with Gasteiger partial charge in [0.1, 0.15) is 0 Å². The first-order chi connectivity index (χ1) is 7.68. The van der Waals surface area contributed by atoms with Crippen LogP contribution < -0.4 is 5.32 Å². The zero-order chi connectivity index (χ0) is 11.5. The van der Waals surface area contributed by atoms with E-state index in [-0.39, 0.29) is 5.91 Å². The molecular formula is C12H17BrN2O. The smallest absolute Gasteiger partial charge is 0.223 e. The van der Waals surface area contributed by atoms with Gasteiger partial charge in [-0.15, -0.1) is 0 Å². The maximum atomic E-state index is 11.6. The largest absolute Gasteiger partial charge is 0.317 e. The average molecular weight is 285 g/mol. The Hall–Kier alpha value is -0.610. The standard InChI is InChI=1S/C12H17BrN2O/c1-9(16)15-8-11(13)2-3-12(15)10-4-6-14-7-5-10/h2-3,10,14H,4-8H2,1H3. The fourth-order valence-corrected chi connectivity index (χ4v) is 2.71. The van der Waals surface area contributed by atoms with Crippen LogP contribution in [0.15, 0.2) is 22.3 Å². The summed E-state index contributed by atoms with van der Waals surface area (Å²) in [7, 11) is 0. The third-order valence-electron chi connectivity index (χ3n) is 3.19. The van der Waals surface area contributed by atoms with E-state index in [2.05, 4.69) is 33.4 Å². The summed E-state index contributed by atoms with van der Waals surface area (Å²) < 4.78 is 1.07. The second kappa shape index (κ2) is 5.15. The van der Waals surface area contributed by atoms with Gasteiger partial charge in [-0.3, -0.25) is 4.79 Å². The molecule has 88 valence electrons. The molecule has 0 aromatic rings. The number of carbonyl (C=O) groups is 1. The molecule has 1 N–H and O–H groups in total. The molecule has 0 atom stereocenters. The normalized spacial score (nSPS) is 22.8. The molecular weight excluding hydrogens is 268 g/mol. The molecule has 0 aliphatic carbocycles. The summed E-state index contributed by atoms with van der Waals surface area (Å²) in [6.45, 7) is 4.43. The third-order valence-corrected chi connectivity index (χ3v) is 3.71. The molecule has 1 amide bonds. The van der Waals surface area contributed by atoms with E-state index in [9.17, 15) is 4.79 Å². The van der Waals surface area contributed by atoms with Crippen molar-refractivity contribution in [3.05, 3.63) is 22.3 Å². The zero-order valence-corrected chi connectivity index (χ0v) is 11.1. The van der Waals surface area contributed by atoms with Crippen molar-refractivity contribution < 1.29 is 4.79 Å². The number of piperidine rings is 1. The van der Waals surface area contributed by atoms with Crippen LogP contribution in [0.1, 0.15) is 19.8 Å². The number of halogens is 1. The SMILES string of the molecule is CC(=O)N1CC(Br)=CC=C1C1CCNCC1. The number of carbonyl (C=O) groups excluding carboxylic acids is 1. The first-order valence-corrected chi connectivity index (χ1v) is 6.53. The second-order valence-electron chi connectivity index (χ2n) is 4.33. The molecule has 1 saturated heterocycles. The number of hydrogen-bond acceptors (Lipinski definition) is 2. The van der Waals surface area contributed by atoms with Gasteiger partial charge in [-0.1, -0.05) is 15.9 Å². The van der Waals surface area contributed by atoms with Crippen LogP contribution in [0.5, 0.6) is 0 Å². The molecule has 2 aliphatic rings. The number of hydrogen-bond donors (Lipinski definition) is 1. The van der Waals surface area contributed by atoms with Crippen molar-refractivity contribution in [3.63, 3.8) is 0 Å². The Balaban J connectivity index is 2.17. The summed E-state index contributed by atoms with van der Waals surface area (Å²) in [4.78, 5) is 13.5. The lowest BCUT2D eigenvalue weighted by atomic mass is 9.92. The number of nitrogens with one attached hydrogen (secondary N) is 1. The van der Waals surface area contributed by atoms with Gasteiger partial charge in [0.05, 0.1) is 6.54 Å². The van der Waals surface area contributed by atoms with Crippen LogP contribution in [0.4, 0.5) is 0 Å². The van der Waals surface area contributed by atoms with E-state index in [0.717, 1.165) is 30.4 Å². The molecule has 2 rings (SSSR count). The predicted molar refractivity (Wildman–Crippen MR) is 68.1 cm³/mol. The Morgan fingerprint density at radius 3 is 2.75 bits per heavy atom. The lowest BCUT2D eigenvalue weighted by molar-refractivity contribution is -0.127. The highest BCUT2D eigenvalue weighted by atomic mass is 79.9. The number of allylic oxidation sites excluding steroid dienone is 3. The Morgan fingerprint density at radius 1 is 1.44 bits per heavy atom. The maximum absolute atomic E-state index is 11.6. The van der Waals surface area contributed by atoms with E-state index in [4.69, 9.17) is 0 Å². The van der Waals surface area contributed by atoms with Crippen LogP contribution in [0, 0.1) is 5.92 Å². The molecule has 0 spiro atoms. The predicted octanol–water partition coefficient (Wildman–Crippen LogP) is 2.01. The van der Waals surface area contributed by atoms with Crippen LogP contribution in [0.3, 0.4) is 0 Å². The van der Waals surface area contributed by atoms with Gasteiger partial charge in [0.2, 0.25) is 5.91 Å². The molecule has 4 heteroatoms. The van der Waals surface area contributed by atoms with Crippen molar-refractivity contribution in [2.75, 3.05) is 19.6 Å². The summed E-state index contributed by atoms with van der Waals surface area (Å²) >= 11 is 3.46. The highest BCUT2D eigenvalue weighted by Gasteiger charge is 2.26. The Bertz CT molecular complexity index is 343. The minimum absolute atomic E-state index is 0.134. The molecule has 3 nitrogen and oxygen atoms in total. The van der Waals surface area contributed by atoms with Crippen molar-refractivity contribution in [2.24, 2.45) is 5.92 Å². The number of amides is 1. The van der Waals surface area contributed by atoms with E-state index >= 15 is 0 Å². The van der Waals surface area contributed by atoms with Crippen molar-refractivity contribution in [2.45, 2.75) is 19.8 Å². The fourth-order valence-electron chi connectivity index (χ4n) is 2.33. The van der Waals surface area contributed by atoms with Crippen LogP contribution in [-0.4, -0.2) is 30.4 Å². The molecule has 0 bridgehead atoms. The van der Waals surface area contributed by atoms with Crippen molar-refractivity contribution >= 4 is 21.8 Å². The van der Waals surface area contributed by atoms with E-state index < -0.39 is 0 Å². The summed E-state index contributed by atoms with van der Waals surface area (Å²) in [6, 6.07) is 0. The van der Waals surface area contributed by atoms with Gasteiger partial charge in [0, 0.05) is 23.0 Å². The fraction of sp³-hybridized carbons (Fsp3) is 0.583. The Morgan fingerprint density at radius 2 is 2.12 bits per heavy atom. The van der Waals surface area contributed by atoms with Gasteiger partial charge in [0.15, 0.2) is 0 Å². The summed E-state index contributed by atoms with van der Waals surface area (Å²) in [5.74, 6) is 0.664. The van der Waals surface area contributed by atoms with Gasteiger partial charge in [0.25, 0.3) is 0 Å². The molecule has 0 unspecified atom stereocenters. The topological polar surface area (TPSA) is 32.3 Å².